The van der Waals surface area contributed by atoms with Gasteiger partial charge in [-0.05, 0) is 30.7 Å². The molecular weight excluding hydrogens is 290 g/mol. The molecule has 0 bridgehead atoms. The maximum Gasteiger partial charge on any atom is 0.270 e. The lowest BCUT2D eigenvalue weighted by Gasteiger charge is -2.04. The summed E-state index contributed by atoms with van der Waals surface area (Å²) < 4.78 is 1.84. The van der Waals surface area contributed by atoms with Crippen LogP contribution in [0.1, 0.15) is 11.3 Å². The summed E-state index contributed by atoms with van der Waals surface area (Å²) in [5, 5.41) is 16.8. The first-order chi connectivity index (χ1) is 10.0. The van der Waals surface area contributed by atoms with Crippen molar-refractivity contribution in [3.63, 3.8) is 0 Å². The number of nitrogens with zero attached hydrogens (tertiary/aromatic N) is 3. The number of hydrogen-bond acceptors (Lipinski definition) is 3. The quantitative estimate of drug-likeness (QED) is 0.543. The van der Waals surface area contributed by atoms with Crippen LogP contribution >= 0.6 is 11.6 Å². The number of benzene rings is 2. The molecule has 21 heavy (non-hydrogen) atoms. The van der Waals surface area contributed by atoms with E-state index >= 15 is 0 Å². The van der Waals surface area contributed by atoms with Gasteiger partial charge in [-0.2, -0.15) is 5.10 Å². The fourth-order valence-electron chi connectivity index (χ4n) is 2.32. The zero-order chi connectivity index (χ0) is 15.0. The first kappa shape index (κ1) is 13.6. The maximum absolute atomic E-state index is 10.9. The monoisotopic (exact) mass is 301 g/mol. The fraction of sp³-hybridized carbons (Fsp3) is 0.133. The smallest absolute Gasteiger partial charge is 0.260 e. The van der Waals surface area contributed by atoms with Crippen LogP contribution in [0.3, 0.4) is 0 Å². The van der Waals surface area contributed by atoms with E-state index in [1.165, 1.54) is 6.07 Å². The van der Waals surface area contributed by atoms with Crippen molar-refractivity contribution >= 4 is 28.2 Å². The molecular formula is C15H12ClN3O2. The number of nitro groups is 1. The van der Waals surface area contributed by atoms with Gasteiger partial charge >= 0.3 is 0 Å². The van der Waals surface area contributed by atoms with Crippen LogP contribution in [0.2, 0.25) is 5.02 Å². The van der Waals surface area contributed by atoms with Gasteiger partial charge in [0.2, 0.25) is 0 Å². The number of halogens is 1. The van der Waals surface area contributed by atoms with Gasteiger partial charge in [-0.1, -0.05) is 23.7 Å². The van der Waals surface area contributed by atoms with Gasteiger partial charge < -0.3 is 0 Å². The molecule has 0 aliphatic carbocycles. The lowest BCUT2D eigenvalue weighted by molar-refractivity contribution is -0.384. The highest BCUT2D eigenvalue weighted by Gasteiger charge is 2.12. The fourth-order valence-corrected chi connectivity index (χ4v) is 2.45. The number of hydrogen-bond donors (Lipinski definition) is 0. The Morgan fingerprint density at radius 2 is 1.95 bits per heavy atom. The summed E-state index contributed by atoms with van der Waals surface area (Å²) in [4.78, 5) is 10.5. The van der Waals surface area contributed by atoms with Crippen LogP contribution in [0, 0.1) is 17.0 Å². The van der Waals surface area contributed by atoms with Crippen LogP contribution in [-0.4, -0.2) is 14.7 Å². The third-order valence-corrected chi connectivity index (χ3v) is 3.63. The number of non-ortho nitro benzene ring substituents is 1. The van der Waals surface area contributed by atoms with Crippen molar-refractivity contribution in [2.24, 2.45) is 0 Å². The number of aryl methyl sites for hydroxylation is 1. The second kappa shape index (κ2) is 5.18. The summed E-state index contributed by atoms with van der Waals surface area (Å²) in [5.74, 6) is 0. The van der Waals surface area contributed by atoms with Crippen LogP contribution in [0.4, 0.5) is 5.69 Å². The van der Waals surface area contributed by atoms with E-state index in [2.05, 4.69) is 5.10 Å². The van der Waals surface area contributed by atoms with Crippen molar-refractivity contribution < 1.29 is 4.92 Å². The molecule has 0 aliphatic heterocycles. The SMILES string of the molecule is Cc1nn(Cc2ccc(Cl)cc2)c2ccc([N+](=O)[O-])cc12. The normalized spacial score (nSPS) is 11.0. The highest BCUT2D eigenvalue weighted by molar-refractivity contribution is 6.30. The average molecular weight is 302 g/mol. The number of aromatic nitrogens is 2. The lowest BCUT2D eigenvalue weighted by atomic mass is 10.2. The molecule has 0 unspecified atom stereocenters. The van der Waals surface area contributed by atoms with Crippen molar-refractivity contribution in [3.8, 4) is 0 Å². The Bertz CT molecular complexity index is 825. The molecule has 3 rings (SSSR count). The third kappa shape index (κ3) is 2.60. The number of nitro benzene ring substituents is 1. The lowest BCUT2D eigenvalue weighted by Crippen LogP contribution is -2.01. The molecule has 5 nitrogen and oxygen atoms in total. The molecule has 3 aromatic rings. The van der Waals surface area contributed by atoms with Crippen LogP contribution in [-0.2, 0) is 6.54 Å². The molecule has 1 aromatic heterocycles. The first-order valence-corrected chi connectivity index (χ1v) is 6.78. The molecule has 106 valence electrons. The topological polar surface area (TPSA) is 61.0 Å². The van der Waals surface area contributed by atoms with Gasteiger partial charge in [-0.15, -0.1) is 0 Å². The van der Waals surface area contributed by atoms with E-state index in [1.54, 1.807) is 12.1 Å². The highest BCUT2D eigenvalue weighted by Crippen LogP contribution is 2.24. The third-order valence-electron chi connectivity index (χ3n) is 3.38. The largest absolute Gasteiger partial charge is 0.270 e. The summed E-state index contributed by atoms with van der Waals surface area (Å²) in [6, 6.07) is 12.4. The average Bonchev–Trinajstić information content (AvgIpc) is 2.77. The predicted molar refractivity (Wildman–Crippen MR) is 81.7 cm³/mol. The van der Waals surface area contributed by atoms with Crippen molar-refractivity contribution in [3.05, 3.63) is 68.9 Å². The molecule has 0 spiro atoms. The molecule has 0 N–H and O–H groups in total. The Balaban J connectivity index is 2.03. The van der Waals surface area contributed by atoms with Gasteiger partial charge in [0.1, 0.15) is 0 Å². The zero-order valence-corrected chi connectivity index (χ0v) is 12.0. The van der Waals surface area contributed by atoms with Gasteiger partial charge in [0.15, 0.2) is 0 Å². The Morgan fingerprint density at radius 3 is 2.62 bits per heavy atom. The zero-order valence-electron chi connectivity index (χ0n) is 11.3. The van der Waals surface area contributed by atoms with Gasteiger partial charge in [0, 0.05) is 22.5 Å². The van der Waals surface area contributed by atoms with Crippen molar-refractivity contribution in [2.45, 2.75) is 13.5 Å². The highest BCUT2D eigenvalue weighted by atomic mass is 35.5. The summed E-state index contributed by atoms with van der Waals surface area (Å²) >= 11 is 5.87. The minimum Gasteiger partial charge on any atom is -0.260 e. The van der Waals surface area contributed by atoms with Crippen LogP contribution in [0.25, 0.3) is 10.9 Å². The van der Waals surface area contributed by atoms with E-state index in [0.717, 1.165) is 22.2 Å². The Labute approximate surface area is 125 Å². The van der Waals surface area contributed by atoms with Gasteiger partial charge in [0.05, 0.1) is 22.7 Å². The van der Waals surface area contributed by atoms with Crippen LogP contribution < -0.4 is 0 Å². The summed E-state index contributed by atoms with van der Waals surface area (Å²) in [5.41, 5.74) is 2.81. The van der Waals surface area contributed by atoms with E-state index < -0.39 is 4.92 Å². The minimum absolute atomic E-state index is 0.0802. The van der Waals surface area contributed by atoms with E-state index in [0.29, 0.717) is 11.6 Å². The van der Waals surface area contributed by atoms with Gasteiger partial charge in [0.25, 0.3) is 5.69 Å². The van der Waals surface area contributed by atoms with E-state index in [4.69, 9.17) is 11.6 Å². The molecule has 1 heterocycles. The Morgan fingerprint density at radius 1 is 1.24 bits per heavy atom. The van der Waals surface area contributed by atoms with E-state index in [1.807, 2.05) is 35.9 Å². The van der Waals surface area contributed by atoms with Crippen molar-refractivity contribution in [2.75, 3.05) is 0 Å². The molecule has 6 heteroatoms. The van der Waals surface area contributed by atoms with Crippen LogP contribution in [0.15, 0.2) is 42.5 Å². The van der Waals surface area contributed by atoms with E-state index in [9.17, 15) is 10.1 Å². The van der Waals surface area contributed by atoms with E-state index in [-0.39, 0.29) is 5.69 Å². The second-order valence-corrected chi connectivity index (χ2v) is 5.26. The number of rotatable bonds is 3. The number of fused-ring (bicyclic) bond motifs is 1. The molecule has 0 saturated heterocycles. The Kier molecular flexibility index (Phi) is 3.35. The van der Waals surface area contributed by atoms with Crippen molar-refractivity contribution in [1.82, 2.24) is 9.78 Å². The molecule has 0 radical (unpaired) electrons. The van der Waals surface area contributed by atoms with Gasteiger partial charge in [-0.25, -0.2) is 0 Å². The minimum atomic E-state index is -0.393. The Hall–Kier alpha value is -2.40. The molecule has 0 atom stereocenters. The van der Waals surface area contributed by atoms with Crippen LogP contribution in [0.5, 0.6) is 0 Å². The molecule has 0 aliphatic rings. The van der Waals surface area contributed by atoms with Crippen molar-refractivity contribution in [1.29, 1.82) is 0 Å². The first-order valence-electron chi connectivity index (χ1n) is 6.40. The van der Waals surface area contributed by atoms with Gasteiger partial charge in [-0.3, -0.25) is 14.8 Å². The summed E-state index contributed by atoms with van der Waals surface area (Å²) in [6.45, 7) is 2.45. The molecule has 0 fully saturated rings. The summed E-state index contributed by atoms with van der Waals surface area (Å²) in [7, 11) is 0. The standard InChI is InChI=1S/C15H12ClN3O2/c1-10-14-8-13(19(20)21)6-7-15(14)18(17-10)9-11-2-4-12(16)5-3-11/h2-8H,9H2,1H3. The maximum atomic E-state index is 10.9. The summed E-state index contributed by atoms with van der Waals surface area (Å²) in [6.07, 6.45) is 0. The molecule has 2 aromatic carbocycles. The molecule has 0 saturated carbocycles. The predicted octanol–water partition coefficient (Wildman–Crippen LogP) is 3.95. The second-order valence-electron chi connectivity index (χ2n) is 4.83. The molecule has 0 amide bonds.